The molecular formula is C21H26N6O. The van der Waals surface area contributed by atoms with Crippen LogP contribution in [0.25, 0.3) is 22.0 Å². The molecule has 0 saturated carbocycles. The van der Waals surface area contributed by atoms with E-state index in [1.807, 2.05) is 43.7 Å². The zero-order chi connectivity index (χ0) is 19.7. The first-order valence-electron chi connectivity index (χ1n) is 9.67. The second kappa shape index (κ2) is 7.67. The van der Waals surface area contributed by atoms with Crippen LogP contribution in [0.15, 0.2) is 36.9 Å². The monoisotopic (exact) mass is 378 g/mol. The average Bonchev–Trinajstić information content (AvgIpc) is 3.14. The van der Waals surface area contributed by atoms with E-state index in [4.69, 9.17) is 0 Å². The van der Waals surface area contributed by atoms with Gasteiger partial charge in [0, 0.05) is 49.0 Å². The Morgan fingerprint density at radius 2 is 1.89 bits per heavy atom. The summed E-state index contributed by atoms with van der Waals surface area (Å²) in [5, 5.41) is 5.21. The molecule has 7 nitrogen and oxygen atoms in total. The van der Waals surface area contributed by atoms with Gasteiger partial charge in [-0.15, -0.1) is 0 Å². The summed E-state index contributed by atoms with van der Waals surface area (Å²) in [5.41, 5.74) is 3.63. The van der Waals surface area contributed by atoms with Crippen molar-refractivity contribution < 1.29 is 4.79 Å². The molecule has 0 N–H and O–H groups in total. The van der Waals surface area contributed by atoms with E-state index in [-0.39, 0.29) is 5.91 Å². The first-order chi connectivity index (χ1) is 13.5. The van der Waals surface area contributed by atoms with Crippen molar-refractivity contribution in [1.29, 1.82) is 0 Å². The van der Waals surface area contributed by atoms with Gasteiger partial charge in [0.25, 0.3) is 0 Å². The van der Waals surface area contributed by atoms with Crippen LogP contribution < -0.4 is 0 Å². The number of hydrogen-bond acceptors (Lipinski definition) is 5. The van der Waals surface area contributed by atoms with Crippen LogP contribution >= 0.6 is 0 Å². The van der Waals surface area contributed by atoms with E-state index in [0.717, 1.165) is 53.7 Å². The molecule has 1 aliphatic heterocycles. The molecule has 0 unspecified atom stereocenters. The normalized spacial score (nSPS) is 15.8. The van der Waals surface area contributed by atoms with Gasteiger partial charge >= 0.3 is 0 Å². The zero-order valence-electron chi connectivity index (χ0n) is 16.7. The number of aryl methyl sites for hydroxylation is 1. The van der Waals surface area contributed by atoms with Crippen molar-refractivity contribution >= 4 is 16.8 Å². The van der Waals surface area contributed by atoms with Crippen LogP contribution in [0.4, 0.5) is 0 Å². The Labute approximate surface area is 165 Å². The Morgan fingerprint density at radius 3 is 2.61 bits per heavy atom. The summed E-state index contributed by atoms with van der Waals surface area (Å²) < 4.78 is 1.77. The first-order valence-corrected chi connectivity index (χ1v) is 9.67. The second-order valence-corrected chi connectivity index (χ2v) is 7.71. The fraction of sp³-hybridized carbons (Fsp3) is 0.429. The highest BCUT2D eigenvalue weighted by atomic mass is 16.2. The molecule has 1 saturated heterocycles. The van der Waals surface area contributed by atoms with E-state index >= 15 is 0 Å². The molecule has 4 heterocycles. The van der Waals surface area contributed by atoms with E-state index in [1.54, 1.807) is 10.9 Å². The van der Waals surface area contributed by atoms with E-state index in [9.17, 15) is 4.79 Å². The number of pyridine rings is 2. The summed E-state index contributed by atoms with van der Waals surface area (Å²) in [5.74, 6) is 0.123. The van der Waals surface area contributed by atoms with Crippen LogP contribution in [0.1, 0.15) is 18.5 Å². The third-order valence-corrected chi connectivity index (χ3v) is 5.62. The minimum Gasteiger partial charge on any atom is -0.342 e. The lowest BCUT2D eigenvalue weighted by atomic mass is 10.0. The molecule has 0 spiro atoms. The van der Waals surface area contributed by atoms with Crippen molar-refractivity contribution in [3.8, 4) is 11.1 Å². The highest BCUT2D eigenvalue weighted by Gasteiger charge is 2.24. The number of amides is 1. The van der Waals surface area contributed by atoms with Gasteiger partial charge in [0.1, 0.15) is 0 Å². The van der Waals surface area contributed by atoms with Crippen molar-refractivity contribution in [2.45, 2.75) is 25.3 Å². The topological polar surface area (TPSA) is 67.2 Å². The van der Waals surface area contributed by atoms with Crippen molar-refractivity contribution in [1.82, 2.24) is 29.5 Å². The second-order valence-electron chi connectivity index (χ2n) is 7.71. The maximum absolute atomic E-state index is 12.8. The molecule has 0 aliphatic carbocycles. The number of aromatic nitrogens is 4. The Balaban J connectivity index is 1.51. The number of likely N-dealkylation sites (N-methyl/N-ethyl adjacent to an activating group) is 1. The molecule has 3 aromatic rings. The minimum atomic E-state index is 0.123. The van der Waals surface area contributed by atoms with E-state index in [2.05, 4.69) is 33.1 Å². The van der Waals surface area contributed by atoms with Gasteiger partial charge in [-0.2, -0.15) is 5.10 Å². The summed E-state index contributed by atoms with van der Waals surface area (Å²) in [7, 11) is 5.94. The average molecular weight is 378 g/mol. The van der Waals surface area contributed by atoms with Crippen molar-refractivity contribution in [2.24, 2.45) is 7.05 Å². The highest BCUT2D eigenvalue weighted by molar-refractivity contribution is 5.84. The van der Waals surface area contributed by atoms with Gasteiger partial charge in [-0.1, -0.05) is 0 Å². The van der Waals surface area contributed by atoms with E-state index < -0.39 is 0 Å². The maximum Gasteiger partial charge on any atom is 0.228 e. The van der Waals surface area contributed by atoms with E-state index in [1.165, 1.54) is 0 Å². The quantitative estimate of drug-likeness (QED) is 0.696. The highest BCUT2D eigenvalue weighted by Crippen LogP contribution is 2.23. The smallest absolute Gasteiger partial charge is 0.228 e. The number of carbonyl (C=O) groups is 1. The lowest BCUT2D eigenvalue weighted by Crippen LogP contribution is -2.45. The van der Waals surface area contributed by atoms with E-state index in [0.29, 0.717) is 12.5 Å². The third-order valence-electron chi connectivity index (χ3n) is 5.62. The standard InChI is InChI=1S/C21H26N6O/c1-25-6-4-19(5-7-25)27(3)21(28)10-18-9-15-8-16(11-23-20(15)13-22-18)17-12-24-26(2)14-17/h8-9,11-14,19H,4-7,10H2,1-3H3. The molecule has 0 atom stereocenters. The molecule has 1 aliphatic rings. The van der Waals surface area contributed by atoms with Crippen molar-refractivity contribution in [3.63, 3.8) is 0 Å². The predicted molar refractivity (Wildman–Crippen MR) is 109 cm³/mol. The molecule has 28 heavy (non-hydrogen) atoms. The van der Waals surface area contributed by atoms with Gasteiger partial charge < -0.3 is 9.80 Å². The Hall–Kier alpha value is -2.80. The van der Waals surface area contributed by atoms with Crippen LogP contribution in [0.5, 0.6) is 0 Å². The number of piperidine rings is 1. The lowest BCUT2D eigenvalue weighted by molar-refractivity contribution is -0.132. The molecule has 1 amide bonds. The van der Waals surface area contributed by atoms with Gasteiger partial charge in [-0.25, -0.2) is 0 Å². The fourth-order valence-corrected chi connectivity index (χ4v) is 3.77. The number of hydrogen-bond donors (Lipinski definition) is 0. The number of rotatable bonds is 4. The third kappa shape index (κ3) is 3.89. The molecule has 4 rings (SSSR count). The van der Waals surface area contributed by atoms with Crippen LogP contribution in [0.2, 0.25) is 0 Å². The number of fused-ring (bicyclic) bond motifs is 1. The van der Waals surface area contributed by atoms with Crippen LogP contribution in [0.3, 0.4) is 0 Å². The first kappa shape index (κ1) is 18.6. The summed E-state index contributed by atoms with van der Waals surface area (Å²) in [6, 6.07) is 4.38. The molecule has 0 bridgehead atoms. The van der Waals surface area contributed by atoms with Crippen LogP contribution in [0, 0.1) is 0 Å². The fourth-order valence-electron chi connectivity index (χ4n) is 3.77. The minimum absolute atomic E-state index is 0.123. The van der Waals surface area contributed by atoms with Crippen molar-refractivity contribution in [2.75, 3.05) is 27.2 Å². The Kier molecular flexibility index (Phi) is 5.09. The zero-order valence-corrected chi connectivity index (χ0v) is 16.7. The van der Waals surface area contributed by atoms with Crippen molar-refractivity contribution in [3.05, 3.63) is 42.6 Å². The largest absolute Gasteiger partial charge is 0.342 e. The molecule has 0 aromatic carbocycles. The molecule has 1 fully saturated rings. The van der Waals surface area contributed by atoms with Gasteiger partial charge in [-0.05, 0) is 45.1 Å². The maximum atomic E-state index is 12.8. The van der Waals surface area contributed by atoms with Crippen LogP contribution in [-0.4, -0.2) is 68.7 Å². The predicted octanol–water partition coefficient (Wildman–Crippen LogP) is 2.13. The number of likely N-dealkylation sites (tertiary alicyclic amines) is 1. The number of nitrogens with zero attached hydrogens (tertiary/aromatic N) is 6. The summed E-state index contributed by atoms with van der Waals surface area (Å²) in [4.78, 5) is 25.9. The number of carbonyl (C=O) groups excluding carboxylic acids is 1. The summed E-state index contributed by atoms with van der Waals surface area (Å²) in [6.07, 6.45) is 9.75. The Bertz CT molecular complexity index is 989. The van der Waals surface area contributed by atoms with Gasteiger partial charge in [-0.3, -0.25) is 19.4 Å². The SMILES string of the molecule is CN1CCC(N(C)C(=O)Cc2cc3cc(-c4cnn(C)c4)cnc3cn2)CC1. The molecule has 146 valence electrons. The van der Waals surface area contributed by atoms with Gasteiger partial charge in [0.05, 0.1) is 30.0 Å². The van der Waals surface area contributed by atoms with Crippen LogP contribution in [-0.2, 0) is 18.3 Å². The Morgan fingerprint density at radius 1 is 1.11 bits per heavy atom. The molecule has 7 heteroatoms. The molecule has 0 radical (unpaired) electrons. The molecular weight excluding hydrogens is 352 g/mol. The summed E-state index contributed by atoms with van der Waals surface area (Å²) in [6.45, 7) is 2.08. The summed E-state index contributed by atoms with van der Waals surface area (Å²) >= 11 is 0. The molecule has 3 aromatic heterocycles. The lowest BCUT2D eigenvalue weighted by Gasteiger charge is -2.35. The van der Waals surface area contributed by atoms with Gasteiger partial charge in [0.2, 0.25) is 5.91 Å². The van der Waals surface area contributed by atoms with Gasteiger partial charge in [0.15, 0.2) is 0 Å².